The van der Waals surface area contributed by atoms with E-state index in [4.69, 9.17) is 4.74 Å². The lowest BCUT2D eigenvalue weighted by Gasteiger charge is -2.34. The summed E-state index contributed by atoms with van der Waals surface area (Å²) in [6.07, 6.45) is -0.341. The third-order valence-electron chi connectivity index (χ3n) is 4.06. The molecule has 1 saturated heterocycles. The van der Waals surface area contributed by atoms with Crippen LogP contribution in [-0.2, 0) is 11.3 Å². The summed E-state index contributed by atoms with van der Waals surface area (Å²) in [6, 6.07) is 18.7. The van der Waals surface area contributed by atoms with Gasteiger partial charge in [-0.25, -0.2) is 9.59 Å². The van der Waals surface area contributed by atoms with Crippen molar-refractivity contribution in [1.82, 2.24) is 9.80 Å². The molecule has 6 nitrogen and oxygen atoms in total. The highest BCUT2D eigenvalue weighted by Gasteiger charge is 2.25. The molecule has 1 fully saturated rings. The zero-order valence-electron chi connectivity index (χ0n) is 13.9. The van der Waals surface area contributed by atoms with Gasteiger partial charge in [0.2, 0.25) is 0 Å². The average molecular weight is 339 g/mol. The summed E-state index contributed by atoms with van der Waals surface area (Å²) in [7, 11) is 0. The quantitative estimate of drug-likeness (QED) is 0.934. The van der Waals surface area contributed by atoms with Gasteiger partial charge in [-0.1, -0.05) is 48.5 Å². The fourth-order valence-electron chi connectivity index (χ4n) is 2.63. The predicted octanol–water partition coefficient (Wildman–Crippen LogP) is 3.17. The molecule has 2 aromatic carbocycles. The molecule has 2 aromatic rings. The van der Waals surface area contributed by atoms with E-state index in [2.05, 4.69) is 5.32 Å². The number of urea groups is 1. The Morgan fingerprint density at radius 2 is 1.40 bits per heavy atom. The van der Waals surface area contributed by atoms with Gasteiger partial charge < -0.3 is 19.9 Å². The zero-order valence-corrected chi connectivity index (χ0v) is 13.9. The Labute approximate surface area is 147 Å². The second-order valence-electron chi connectivity index (χ2n) is 5.81. The van der Waals surface area contributed by atoms with Crippen molar-refractivity contribution >= 4 is 17.8 Å². The number of para-hydroxylation sites is 1. The van der Waals surface area contributed by atoms with Crippen molar-refractivity contribution in [2.24, 2.45) is 0 Å². The number of benzene rings is 2. The molecule has 0 spiro atoms. The molecule has 0 bridgehead atoms. The molecule has 1 N–H and O–H groups in total. The van der Waals surface area contributed by atoms with Crippen LogP contribution in [0.1, 0.15) is 5.56 Å². The molecule has 0 aliphatic carbocycles. The number of hydrogen-bond acceptors (Lipinski definition) is 3. The predicted molar refractivity (Wildman–Crippen MR) is 95.2 cm³/mol. The molecule has 1 heterocycles. The molecule has 130 valence electrons. The van der Waals surface area contributed by atoms with Gasteiger partial charge in [0.25, 0.3) is 0 Å². The summed E-state index contributed by atoms with van der Waals surface area (Å²) in [5.41, 5.74) is 1.72. The minimum absolute atomic E-state index is 0.150. The summed E-state index contributed by atoms with van der Waals surface area (Å²) in [6.45, 7) is 2.16. The first-order valence-electron chi connectivity index (χ1n) is 8.29. The van der Waals surface area contributed by atoms with Crippen molar-refractivity contribution in [2.45, 2.75) is 6.61 Å². The smallest absolute Gasteiger partial charge is 0.410 e. The number of piperazine rings is 1. The molecule has 3 rings (SSSR count). The van der Waals surface area contributed by atoms with Gasteiger partial charge in [-0.2, -0.15) is 0 Å². The van der Waals surface area contributed by atoms with Crippen LogP contribution in [0.4, 0.5) is 15.3 Å². The van der Waals surface area contributed by atoms with Crippen molar-refractivity contribution in [3.63, 3.8) is 0 Å². The maximum Gasteiger partial charge on any atom is 0.410 e. The Hall–Kier alpha value is -3.02. The van der Waals surface area contributed by atoms with E-state index in [0.29, 0.717) is 26.2 Å². The van der Waals surface area contributed by atoms with Crippen molar-refractivity contribution in [2.75, 3.05) is 31.5 Å². The molecule has 25 heavy (non-hydrogen) atoms. The summed E-state index contributed by atoms with van der Waals surface area (Å²) in [4.78, 5) is 27.7. The first kappa shape index (κ1) is 16.8. The lowest BCUT2D eigenvalue weighted by atomic mass is 10.2. The van der Waals surface area contributed by atoms with E-state index in [-0.39, 0.29) is 18.7 Å². The molecular weight excluding hydrogens is 318 g/mol. The highest BCUT2D eigenvalue weighted by atomic mass is 16.6. The Bertz CT molecular complexity index is 698. The molecule has 3 amide bonds. The van der Waals surface area contributed by atoms with Crippen LogP contribution in [0.5, 0.6) is 0 Å². The molecule has 6 heteroatoms. The van der Waals surface area contributed by atoms with E-state index in [1.807, 2.05) is 60.7 Å². The third-order valence-corrected chi connectivity index (χ3v) is 4.06. The standard InChI is InChI=1S/C19H21N3O3/c23-18(20-17-9-5-2-6-10-17)21-11-13-22(14-12-21)19(24)25-15-16-7-3-1-4-8-16/h1-10H,11-15H2,(H,20,23). The van der Waals surface area contributed by atoms with Crippen LogP contribution in [-0.4, -0.2) is 48.1 Å². The molecule has 0 saturated carbocycles. The molecule has 1 aliphatic heterocycles. The number of carbonyl (C=O) groups is 2. The number of carbonyl (C=O) groups excluding carboxylic acids is 2. The highest BCUT2D eigenvalue weighted by molar-refractivity contribution is 5.89. The van der Waals surface area contributed by atoms with E-state index in [1.165, 1.54) is 0 Å². The van der Waals surface area contributed by atoms with Gasteiger partial charge in [0.15, 0.2) is 0 Å². The summed E-state index contributed by atoms with van der Waals surface area (Å²) in [5.74, 6) is 0. The maximum absolute atomic E-state index is 12.2. The van der Waals surface area contributed by atoms with E-state index in [0.717, 1.165) is 11.3 Å². The second kappa shape index (κ2) is 8.19. The van der Waals surface area contributed by atoms with Gasteiger partial charge in [-0.05, 0) is 17.7 Å². The number of hydrogen-bond donors (Lipinski definition) is 1. The van der Waals surface area contributed by atoms with Gasteiger partial charge in [-0.15, -0.1) is 0 Å². The van der Waals surface area contributed by atoms with Gasteiger partial charge in [-0.3, -0.25) is 0 Å². The summed E-state index contributed by atoms with van der Waals surface area (Å²) in [5, 5.41) is 2.85. The number of ether oxygens (including phenoxy) is 1. The Balaban J connectivity index is 1.43. The van der Waals surface area contributed by atoms with Crippen molar-refractivity contribution < 1.29 is 14.3 Å². The number of amides is 3. The Kier molecular flexibility index (Phi) is 5.51. The van der Waals surface area contributed by atoms with Gasteiger partial charge in [0, 0.05) is 31.9 Å². The lowest BCUT2D eigenvalue weighted by molar-refractivity contribution is 0.0782. The van der Waals surface area contributed by atoms with Crippen LogP contribution < -0.4 is 5.32 Å². The normalized spacial score (nSPS) is 14.1. The van der Waals surface area contributed by atoms with Crippen LogP contribution in [0.2, 0.25) is 0 Å². The summed E-state index contributed by atoms with van der Waals surface area (Å²) < 4.78 is 5.33. The van der Waals surface area contributed by atoms with Crippen LogP contribution >= 0.6 is 0 Å². The van der Waals surface area contributed by atoms with E-state index >= 15 is 0 Å². The lowest BCUT2D eigenvalue weighted by Crippen LogP contribution is -2.51. The van der Waals surface area contributed by atoms with Crippen LogP contribution in [0.15, 0.2) is 60.7 Å². The van der Waals surface area contributed by atoms with Gasteiger partial charge >= 0.3 is 12.1 Å². The topological polar surface area (TPSA) is 61.9 Å². The molecular formula is C19H21N3O3. The fourth-order valence-corrected chi connectivity index (χ4v) is 2.63. The molecule has 0 radical (unpaired) electrons. The fraction of sp³-hybridized carbons (Fsp3) is 0.263. The first-order chi connectivity index (χ1) is 12.2. The second-order valence-corrected chi connectivity index (χ2v) is 5.81. The number of nitrogens with one attached hydrogen (secondary N) is 1. The third kappa shape index (κ3) is 4.73. The van der Waals surface area contributed by atoms with Crippen molar-refractivity contribution in [3.05, 3.63) is 66.2 Å². The van der Waals surface area contributed by atoms with Crippen LogP contribution in [0, 0.1) is 0 Å². The van der Waals surface area contributed by atoms with Gasteiger partial charge in [0.05, 0.1) is 0 Å². The summed E-state index contributed by atoms with van der Waals surface area (Å²) >= 11 is 0. The molecule has 0 aromatic heterocycles. The minimum atomic E-state index is -0.341. The molecule has 1 aliphatic rings. The zero-order chi connectivity index (χ0) is 17.5. The minimum Gasteiger partial charge on any atom is -0.445 e. The SMILES string of the molecule is O=C(Nc1ccccc1)N1CCN(C(=O)OCc2ccccc2)CC1. The largest absolute Gasteiger partial charge is 0.445 e. The van der Waals surface area contributed by atoms with E-state index in [9.17, 15) is 9.59 Å². The van der Waals surface area contributed by atoms with Crippen LogP contribution in [0.3, 0.4) is 0 Å². The van der Waals surface area contributed by atoms with Crippen LogP contribution in [0.25, 0.3) is 0 Å². The first-order valence-corrected chi connectivity index (χ1v) is 8.29. The van der Waals surface area contributed by atoms with E-state index < -0.39 is 0 Å². The molecule has 0 atom stereocenters. The number of anilines is 1. The number of rotatable bonds is 3. The highest BCUT2D eigenvalue weighted by Crippen LogP contribution is 2.10. The van der Waals surface area contributed by atoms with Crippen molar-refractivity contribution in [1.29, 1.82) is 0 Å². The maximum atomic E-state index is 12.2. The Morgan fingerprint density at radius 3 is 2.04 bits per heavy atom. The average Bonchev–Trinajstić information content (AvgIpc) is 2.68. The van der Waals surface area contributed by atoms with E-state index in [1.54, 1.807) is 9.80 Å². The van der Waals surface area contributed by atoms with Crippen molar-refractivity contribution in [3.8, 4) is 0 Å². The number of nitrogens with zero attached hydrogens (tertiary/aromatic N) is 2. The Morgan fingerprint density at radius 1 is 0.840 bits per heavy atom. The molecule has 0 unspecified atom stereocenters. The monoisotopic (exact) mass is 339 g/mol. The van der Waals surface area contributed by atoms with Gasteiger partial charge in [0.1, 0.15) is 6.61 Å².